The normalized spacial score (nSPS) is 16.9. The number of benzene rings is 2. The van der Waals surface area contributed by atoms with Crippen molar-refractivity contribution < 1.29 is 4.74 Å². The van der Waals surface area contributed by atoms with Crippen LogP contribution in [-0.2, 0) is 4.74 Å². The number of nitrogen functional groups attached to an aromatic ring is 1. The fraction of sp³-hybridized carbons (Fsp3) is 0.333. The van der Waals surface area contributed by atoms with E-state index in [2.05, 4.69) is 57.2 Å². The molecule has 104 valence electrons. The predicted octanol–water partition coefficient (Wildman–Crippen LogP) is 4.20. The Kier molecular flexibility index (Phi) is 3.06. The van der Waals surface area contributed by atoms with Crippen molar-refractivity contribution in [1.82, 2.24) is 0 Å². The Morgan fingerprint density at radius 3 is 2.45 bits per heavy atom. The first-order valence-corrected chi connectivity index (χ1v) is 7.08. The SMILES string of the molecule is CC(C)(C)OCC1c2ccccc2-c2ccc(N)cc21. The molecule has 0 fully saturated rings. The molecular weight excluding hydrogens is 246 g/mol. The van der Waals surface area contributed by atoms with Gasteiger partial charge in [-0.15, -0.1) is 0 Å². The Bertz CT molecular complexity index is 640. The summed E-state index contributed by atoms with van der Waals surface area (Å²) in [5, 5.41) is 0. The van der Waals surface area contributed by atoms with E-state index in [4.69, 9.17) is 10.5 Å². The zero-order valence-electron chi connectivity index (χ0n) is 12.3. The minimum Gasteiger partial charge on any atom is -0.399 e. The van der Waals surface area contributed by atoms with Gasteiger partial charge in [-0.2, -0.15) is 0 Å². The minimum absolute atomic E-state index is 0.127. The summed E-state index contributed by atoms with van der Waals surface area (Å²) in [5.41, 5.74) is 11.9. The van der Waals surface area contributed by atoms with Crippen LogP contribution in [0.25, 0.3) is 11.1 Å². The molecule has 2 nitrogen and oxygen atoms in total. The van der Waals surface area contributed by atoms with Gasteiger partial charge in [0.15, 0.2) is 0 Å². The molecule has 0 saturated heterocycles. The predicted molar refractivity (Wildman–Crippen MR) is 83.8 cm³/mol. The highest BCUT2D eigenvalue weighted by molar-refractivity contribution is 5.80. The number of fused-ring (bicyclic) bond motifs is 3. The molecule has 1 unspecified atom stereocenters. The van der Waals surface area contributed by atoms with Gasteiger partial charge in [-0.3, -0.25) is 0 Å². The summed E-state index contributed by atoms with van der Waals surface area (Å²) in [7, 11) is 0. The van der Waals surface area contributed by atoms with Crippen molar-refractivity contribution in [3.05, 3.63) is 53.6 Å². The summed E-state index contributed by atoms with van der Waals surface area (Å²) >= 11 is 0. The first kappa shape index (κ1) is 13.2. The molecule has 20 heavy (non-hydrogen) atoms. The standard InChI is InChI=1S/C18H21NO/c1-18(2,3)20-11-17-14-7-5-4-6-13(14)15-9-8-12(19)10-16(15)17/h4-10,17H,11,19H2,1-3H3. The third-order valence-corrected chi connectivity index (χ3v) is 3.76. The maximum Gasteiger partial charge on any atom is 0.0598 e. The molecule has 0 aliphatic heterocycles. The van der Waals surface area contributed by atoms with E-state index in [1.807, 2.05) is 6.07 Å². The number of hydrogen-bond donors (Lipinski definition) is 1. The van der Waals surface area contributed by atoms with E-state index < -0.39 is 0 Å². The summed E-state index contributed by atoms with van der Waals surface area (Å²) in [6, 6.07) is 14.8. The van der Waals surface area contributed by atoms with E-state index in [9.17, 15) is 0 Å². The third kappa shape index (κ3) is 2.32. The number of ether oxygens (including phenoxy) is 1. The largest absolute Gasteiger partial charge is 0.399 e. The molecular formula is C18H21NO. The van der Waals surface area contributed by atoms with Crippen molar-refractivity contribution in [3.63, 3.8) is 0 Å². The Morgan fingerprint density at radius 2 is 1.70 bits per heavy atom. The topological polar surface area (TPSA) is 35.2 Å². The van der Waals surface area contributed by atoms with Crippen LogP contribution in [0.1, 0.15) is 37.8 Å². The van der Waals surface area contributed by atoms with Gasteiger partial charge in [0, 0.05) is 11.6 Å². The van der Waals surface area contributed by atoms with Crippen LogP contribution in [-0.4, -0.2) is 12.2 Å². The second-order valence-corrected chi connectivity index (χ2v) is 6.41. The second-order valence-electron chi connectivity index (χ2n) is 6.41. The van der Waals surface area contributed by atoms with Crippen LogP contribution < -0.4 is 5.73 Å². The molecule has 0 saturated carbocycles. The van der Waals surface area contributed by atoms with Crippen molar-refractivity contribution in [2.75, 3.05) is 12.3 Å². The monoisotopic (exact) mass is 267 g/mol. The number of rotatable bonds is 2. The van der Waals surface area contributed by atoms with Crippen molar-refractivity contribution in [3.8, 4) is 11.1 Å². The van der Waals surface area contributed by atoms with E-state index in [0.717, 1.165) is 5.69 Å². The molecule has 0 radical (unpaired) electrons. The quantitative estimate of drug-likeness (QED) is 0.828. The van der Waals surface area contributed by atoms with Crippen LogP contribution in [0.4, 0.5) is 5.69 Å². The zero-order valence-corrected chi connectivity index (χ0v) is 12.3. The van der Waals surface area contributed by atoms with Crippen LogP contribution in [0.5, 0.6) is 0 Å². The van der Waals surface area contributed by atoms with Gasteiger partial charge in [0.2, 0.25) is 0 Å². The first-order chi connectivity index (χ1) is 9.46. The van der Waals surface area contributed by atoms with E-state index in [-0.39, 0.29) is 11.5 Å². The van der Waals surface area contributed by atoms with Crippen LogP contribution in [0.15, 0.2) is 42.5 Å². The lowest BCUT2D eigenvalue weighted by molar-refractivity contribution is -0.00626. The smallest absolute Gasteiger partial charge is 0.0598 e. The van der Waals surface area contributed by atoms with E-state index in [1.165, 1.54) is 22.3 Å². The Hall–Kier alpha value is -1.80. The minimum atomic E-state index is -0.127. The Labute approximate surface area is 120 Å². The summed E-state index contributed by atoms with van der Waals surface area (Å²) in [6.07, 6.45) is 0. The van der Waals surface area contributed by atoms with E-state index in [1.54, 1.807) is 0 Å². The number of hydrogen-bond acceptors (Lipinski definition) is 2. The van der Waals surface area contributed by atoms with Crippen LogP contribution >= 0.6 is 0 Å². The van der Waals surface area contributed by atoms with Crippen molar-refractivity contribution in [2.45, 2.75) is 32.3 Å². The van der Waals surface area contributed by atoms with Gasteiger partial charge in [-0.25, -0.2) is 0 Å². The highest BCUT2D eigenvalue weighted by Crippen LogP contribution is 2.45. The van der Waals surface area contributed by atoms with E-state index >= 15 is 0 Å². The molecule has 3 rings (SSSR count). The molecule has 2 heteroatoms. The van der Waals surface area contributed by atoms with Crippen LogP contribution in [0.3, 0.4) is 0 Å². The summed E-state index contributed by atoms with van der Waals surface area (Å²) in [4.78, 5) is 0. The third-order valence-electron chi connectivity index (χ3n) is 3.76. The molecule has 1 atom stereocenters. The van der Waals surface area contributed by atoms with Gasteiger partial charge in [0.25, 0.3) is 0 Å². The Balaban J connectivity index is 2.03. The first-order valence-electron chi connectivity index (χ1n) is 7.08. The highest BCUT2D eigenvalue weighted by atomic mass is 16.5. The molecule has 2 aromatic rings. The molecule has 0 bridgehead atoms. The molecule has 0 amide bonds. The van der Waals surface area contributed by atoms with Crippen LogP contribution in [0.2, 0.25) is 0 Å². The molecule has 0 spiro atoms. The Morgan fingerprint density at radius 1 is 1.00 bits per heavy atom. The van der Waals surface area contributed by atoms with Gasteiger partial charge in [-0.1, -0.05) is 30.3 Å². The maximum absolute atomic E-state index is 6.03. The lowest BCUT2D eigenvalue weighted by atomic mass is 9.97. The van der Waals surface area contributed by atoms with Gasteiger partial charge in [0.05, 0.1) is 12.2 Å². The van der Waals surface area contributed by atoms with Crippen molar-refractivity contribution in [1.29, 1.82) is 0 Å². The second kappa shape index (κ2) is 4.64. The lowest BCUT2D eigenvalue weighted by Gasteiger charge is -2.23. The molecule has 0 heterocycles. The average molecular weight is 267 g/mol. The molecule has 1 aliphatic carbocycles. The fourth-order valence-corrected chi connectivity index (χ4v) is 2.84. The fourth-order valence-electron chi connectivity index (χ4n) is 2.84. The van der Waals surface area contributed by atoms with Gasteiger partial charge < -0.3 is 10.5 Å². The summed E-state index contributed by atoms with van der Waals surface area (Å²) in [6.45, 7) is 6.97. The van der Waals surface area contributed by atoms with Gasteiger partial charge in [0.1, 0.15) is 0 Å². The van der Waals surface area contributed by atoms with E-state index in [0.29, 0.717) is 6.61 Å². The summed E-state index contributed by atoms with van der Waals surface area (Å²) < 4.78 is 6.03. The average Bonchev–Trinajstić information content (AvgIpc) is 2.68. The number of anilines is 1. The number of nitrogens with two attached hydrogens (primary N) is 1. The molecule has 2 aromatic carbocycles. The summed E-state index contributed by atoms with van der Waals surface area (Å²) in [5.74, 6) is 0.281. The lowest BCUT2D eigenvalue weighted by Crippen LogP contribution is -2.22. The van der Waals surface area contributed by atoms with Crippen molar-refractivity contribution >= 4 is 5.69 Å². The molecule has 1 aliphatic rings. The molecule has 0 aromatic heterocycles. The van der Waals surface area contributed by atoms with Gasteiger partial charge in [-0.05, 0) is 55.2 Å². The molecule has 2 N–H and O–H groups in total. The maximum atomic E-state index is 6.03. The zero-order chi connectivity index (χ0) is 14.3. The van der Waals surface area contributed by atoms with Crippen molar-refractivity contribution in [2.24, 2.45) is 0 Å². The van der Waals surface area contributed by atoms with Crippen LogP contribution in [0, 0.1) is 0 Å². The van der Waals surface area contributed by atoms with Gasteiger partial charge >= 0.3 is 0 Å². The highest BCUT2D eigenvalue weighted by Gasteiger charge is 2.29.